The van der Waals surface area contributed by atoms with Crippen LogP contribution in [0.25, 0.3) is 0 Å². The lowest BCUT2D eigenvalue weighted by Gasteiger charge is -2.34. The van der Waals surface area contributed by atoms with Gasteiger partial charge in [-0.05, 0) is 43.5 Å². The van der Waals surface area contributed by atoms with Crippen LogP contribution in [0.5, 0.6) is 5.75 Å². The number of carbonyl (C=O) groups is 1. The molecule has 0 unspecified atom stereocenters. The summed E-state index contributed by atoms with van der Waals surface area (Å²) in [6, 6.07) is 6.00. The van der Waals surface area contributed by atoms with Crippen molar-refractivity contribution in [3.63, 3.8) is 0 Å². The molecule has 0 aliphatic carbocycles. The first kappa shape index (κ1) is 17.2. The van der Waals surface area contributed by atoms with Gasteiger partial charge in [0.05, 0.1) is 19.8 Å². The third-order valence-corrected chi connectivity index (χ3v) is 4.95. The summed E-state index contributed by atoms with van der Waals surface area (Å²) in [4.78, 5) is 14.9. The van der Waals surface area contributed by atoms with E-state index < -0.39 is 0 Å². The molecule has 6 heteroatoms. The number of nitrogens with one attached hydrogen (secondary N) is 1. The Hall–Kier alpha value is -1.63. The van der Waals surface area contributed by atoms with Crippen molar-refractivity contribution in [2.24, 2.45) is 0 Å². The molecule has 0 radical (unpaired) electrons. The van der Waals surface area contributed by atoms with Crippen molar-refractivity contribution in [3.8, 4) is 5.75 Å². The molecular formula is C18H26N2O4. The molecule has 1 aromatic carbocycles. The number of rotatable bonds is 5. The molecule has 24 heavy (non-hydrogen) atoms. The molecule has 2 fully saturated rings. The maximum absolute atomic E-state index is 12.6. The topological polar surface area (TPSA) is 71.0 Å². The van der Waals surface area contributed by atoms with Crippen LogP contribution in [0.3, 0.4) is 0 Å². The Balaban J connectivity index is 1.58. The molecular weight excluding hydrogens is 308 g/mol. The van der Waals surface area contributed by atoms with Crippen molar-refractivity contribution in [1.82, 2.24) is 10.2 Å². The number of aliphatic hydroxyl groups is 1. The van der Waals surface area contributed by atoms with Crippen LogP contribution in [0.15, 0.2) is 18.2 Å². The van der Waals surface area contributed by atoms with Gasteiger partial charge in [0, 0.05) is 37.3 Å². The fourth-order valence-electron chi connectivity index (χ4n) is 3.65. The minimum atomic E-state index is -0.0344. The predicted molar refractivity (Wildman–Crippen MR) is 90.4 cm³/mol. The van der Waals surface area contributed by atoms with Crippen LogP contribution in [0, 0.1) is 6.92 Å². The van der Waals surface area contributed by atoms with Crippen molar-refractivity contribution in [1.29, 1.82) is 0 Å². The largest absolute Gasteiger partial charge is 0.497 e. The summed E-state index contributed by atoms with van der Waals surface area (Å²) in [5, 5.41) is 12.2. The summed E-state index contributed by atoms with van der Waals surface area (Å²) in [7, 11) is 1.62. The minimum Gasteiger partial charge on any atom is -0.497 e. The SMILES string of the molecule is COc1ccc(C(=O)N[C@@H]2C[C@H]3CO[C@@H](CCO)CN3C2)c(C)c1. The van der Waals surface area contributed by atoms with E-state index in [1.54, 1.807) is 7.11 Å². The number of ether oxygens (including phenoxy) is 2. The third-order valence-electron chi connectivity index (χ3n) is 4.95. The van der Waals surface area contributed by atoms with Crippen LogP contribution in [0.1, 0.15) is 28.8 Å². The quantitative estimate of drug-likeness (QED) is 0.839. The number of carbonyl (C=O) groups excluding carboxylic acids is 1. The molecule has 2 saturated heterocycles. The number of hydrogen-bond acceptors (Lipinski definition) is 5. The maximum atomic E-state index is 12.6. The van der Waals surface area contributed by atoms with E-state index in [-0.39, 0.29) is 24.7 Å². The van der Waals surface area contributed by atoms with Crippen LogP contribution >= 0.6 is 0 Å². The van der Waals surface area contributed by atoms with E-state index in [0.29, 0.717) is 24.6 Å². The Labute approximate surface area is 142 Å². The van der Waals surface area contributed by atoms with E-state index in [9.17, 15) is 4.79 Å². The lowest BCUT2D eigenvalue weighted by molar-refractivity contribution is -0.0566. The molecule has 2 N–H and O–H groups in total. The van der Waals surface area contributed by atoms with Gasteiger partial charge in [0.25, 0.3) is 5.91 Å². The normalized spacial score (nSPS) is 26.9. The van der Waals surface area contributed by atoms with Crippen molar-refractivity contribution in [3.05, 3.63) is 29.3 Å². The fourth-order valence-corrected chi connectivity index (χ4v) is 3.65. The molecule has 132 valence electrons. The van der Waals surface area contributed by atoms with Gasteiger partial charge in [0.2, 0.25) is 0 Å². The number of methoxy groups -OCH3 is 1. The lowest BCUT2D eigenvalue weighted by atomic mass is 10.1. The minimum absolute atomic E-state index is 0.0344. The van der Waals surface area contributed by atoms with Gasteiger partial charge in [0.15, 0.2) is 0 Å². The fraction of sp³-hybridized carbons (Fsp3) is 0.611. The van der Waals surface area contributed by atoms with Gasteiger partial charge in [-0.3, -0.25) is 9.69 Å². The number of fused-ring (bicyclic) bond motifs is 1. The number of aliphatic hydroxyl groups excluding tert-OH is 1. The third kappa shape index (κ3) is 3.71. The summed E-state index contributed by atoms with van der Waals surface area (Å²) < 4.78 is 11.0. The molecule has 1 amide bonds. The highest BCUT2D eigenvalue weighted by Crippen LogP contribution is 2.25. The number of nitrogens with zero attached hydrogens (tertiary/aromatic N) is 1. The van der Waals surface area contributed by atoms with Crippen molar-refractivity contribution < 1.29 is 19.4 Å². The van der Waals surface area contributed by atoms with Crippen molar-refractivity contribution in [2.75, 3.05) is 33.4 Å². The maximum Gasteiger partial charge on any atom is 0.251 e. The standard InChI is InChI=1S/C18H26N2O4/c1-12-7-15(23-2)3-4-17(12)18(22)19-13-8-14-11-24-16(5-6-21)10-20(14)9-13/h3-4,7,13-14,16,21H,5-6,8-11H2,1-2H3,(H,19,22)/t13-,14+,16+/m1/s1. The van der Waals surface area contributed by atoms with Gasteiger partial charge < -0.3 is 19.9 Å². The highest BCUT2D eigenvalue weighted by atomic mass is 16.5. The van der Waals surface area contributed by atoms with Crippen LogP contribution in [0.4, 0.5) is 0 Å². The molecule has 2 aliphatic heterocycles. The average molecular weight is 334 g/mol. The Morgan fingerprint density at radius 3 is 3.00 bits per heavy atom. The zero-order valence-electron chi connectivity index (χ0n) is 14.3. The average Bonchev–Trinajstić information content (AvgIpc) is 2.96. The molecule has 0 saturated carbocycles. The highest BCUT2D eigenvalue weighted by Gasteiger charge is 2.37. The second kappa shape index (κ2) is 7.51. The van der Waals surface area contributed by atoms with Crippen LogP contribution in [-0.4, -0.2) is 67.5 Å². The van der Waals surface area contributed by atoms with Gasteiger partial charge in [-0.1, -0.05) is 0 Å². The van der Waals surface area contributed by atoms with Crippen LogP contribution in [-0.2, 0) is 4.74 Å². The van der Waals surface area contributed by atoms with Crippen LogP contribution in [0.2, 0.25) is 0 Å². The Morgan fingerprint density at radius 1 is 1.46 bits per heavy atom. The summed E-state index contributed by atoms with van der Waals surface area (Å²) in [6.45, 7) is 4.43. The van der Waals surface area contributed by atoms with E-state index in [1.807, 2.05) is 25.1 Å². The number of benzene rings is 1. The van der Waals surface area contributed by atoms with Gasteiger partial charge >= 0.3 is 0 Å². The number of hydrogen-bond donors (Lipinski definition) is 2. The second-order valence-corrected chi connectivity index (χ2v) is 6.66. The Bertz CT molecular complexity index is 592. The first-order chi connectivity index (χ1) is 11.6. The molecule has 6 nitrogen and oxygen atoms in total. The smallest absolute Gasteiger partial charge is 0.251 e. The van der Waals surface area contributed by atoms with E-state index >= 15 is 0 Å². The van der Waals surface area contributed by atoms with E-state index in [4.69, 9.17) is 14.6 Å². The van der Waals surface area contributed by atoms with E-state index in [0.717, 1.165) is 30.8 Å². The molecule has 0 aromatic heterocycles. The Kier molecular flexibility index (Phi) is 5.38. The molecule has 2 heterocycles. The first-order valence-electron chi connectivity index (χ1n) is 8.52. The molecule has 3 atom stereocenters. The molecule has 0 bridgehead atoms. The van der Waals surface area contributed by atoms with Gasteiger partial charge in [0.1, 0.15) is 5.75 Å². The first-order valence-corrected chi connectivity index (χ1v) is 8.52. The highest BCUT2D eigenvalue weighted by molar-refractivity contribution is 5.96. The van der Waals surface area contributed by atoms with Gasteiger partial charge in [-0.25, -0.2) is 0 Å². The summed E-state index contributed by atoms with van der Waals surface area (Å²) in [5.74, 6) is 0.724. The van der Waals surface area contributed by atoms with Crippen molar-refractivity contribution >= 4 is 5.91 Å². The van der Waals surface area contributed by atoms with Gasteiger partial charge in [-0.15, -0.1) is 0 Å². The summed E-state index contributed by atoms with van der Waals surface area (Å²) in [5.41, 5.74) is 1.60. The zero-order valence-corrected chi connectivity index (χ0v) is 14.3. The number of aryl methyl sites for hydroxylation is 1. The summed E-state index contributed by atoms with van der Waals surface area (Å²) in [6.07, 6.45) is 1.68. The van der Waals surface area contributed by atoms with Crippen molar-refractivity contribution in [2.45, 2.75) is 38.0 Å². The molecule has 1 aromatic rings. The number of amides is 1. The van der Waals surface area contributed by atoms with E-state index in [2.05, 4.69) is 10.2 Å². The van der Waals surface area contributed by atoms with Crippen LogP contribution < -0.4 is 10.1 Å². The molecule has 2 aliphatic rings. The predicted octanol–water partition coefficient (Wildman–Crippen LogP) is 0.958. The lowest BCUT2D eigenvalue weighted by Crippen LogP contribution is -2.46. The molecule has 3 rings (SSSR count). The number of morpholine rings is 1. The van der Waals surface area contributed by atoms with E-state index in [1.165, 1.54) is 0 Å². The summed E-state index contributed by atoms with van der Waals surface area (Å²) >= 11 is 0. The monoisotopic (exact) mass is 334 g/mol. The zero-order chi connectivity index (χ0) is 17.1. The Morgan fingerprint density at radius 2 is 2.29 bits per heavy atom. The second-order valence-electron chi connectivity index (χ2n) is 6.66. The molecule has 0 spiro atoms. The van der Waals surface area contributed by atoms with Gasteiger partial charge in [-0.2, -0.15) is 0 Å².